The number of fused-ring (bicyclic) bond motifs is 1. The fourth-order valence-electron chi connectivity index (χ4n) is 6.72. The number of rotatable bonds is 8. The first-order valence-electron chi connectivity index (χ1n) is 16.2. The molecule has 0 aliphatic carbocycles. The van der Waals surface area contributed by atoms with Crippen molar-refractivity contribution >= 4 is 51.0 Å². The molecule has 47 heavy (non-hydrogen) atoms. The average Bonchev–Trinajstić information content (AvgIpc) is 3.10. The third kappa shape index (κ3) is 5.71. The van der Waals surface area contributed by atoms with Crippen molar-refractivity contribution in [3.63, 3.8) is 0 Å². The number of hydrogen-bond donors (Lipinski definition) is 0. The number of benzene rings is 7. The van der Waals surface area contributed by atoms with Crippen molar-refractivity contribution in [2.75, 3.05) is 9.80 Å². The average molecular weight is 607 g/mol. The highest BCUT2D eigenvalue weighted by Crippen LogP contribution is 2.42. The van der Waals surface area contributed by atoms with E-state index < -0.39 is 0 Å². The Labute approximate surface area is 278 Å². The first-order valence-corrected chi connectivity index (χ1v) is 16.2. The van der Waals surface area contributed by atoms with Crippen LogP contribution in [0, 0.1) is 20.8 Å². The van der Waals surface area contributed by atoms with Crippen LogP contribution >= 0.6 is 0 Å². The van der Waals surface area contributed by atoms with E-state index in [1.165, 1.54) is 38.6 Å². The zero-order valence-electron chi connectivity index (χ0n) is 27.2. The van der Waals surface area contributed by atoms with Crippen LogP contribution in [0.2, 0.25) is 0 Å². The molecule has 7 rings (SSSR count). The molecule has 0 saturated carbocycles. The van der Waals surface area contributed by atoms with E-state index in [9.17, 15) is 0 Å². The predicted octanol–water partition coefficient (Wildman–Crippen LogP) is 13.0. The number of hydrogen-bond acceptors (Lipinski definition) is 2. The number of anilines is 6. The van der Waals surface area contributed by atoms with Crippen molar-refractivity contribution in [3.05, 3.63) is 187 Å². The third-order valence-corrected chi connectivity index (χ3v) is 9.01. The molecule has 0 N–H and O–H groups in total. The van der Waals surface area contributed by atoms with Gasteiger partial charge in [-0.25, -0.2) is 0 Å². The summed E-state index contributed by atoms with van der Waals surface area (Å²) in [7, 11) is 0. The molecule has 0 amide bonds. The second kappa shape index (κ2) is 12.9. The van der Waals surface area contributed by atoms with Crippen LogP contribution in [-0.4, -0.2) is 0 Å². The van der Waals surface area contributed by atoms with Crippen LogP contribution in [0.4, 0.5) is 34.1 Å². The molecule has 0 atom stereocenters. The molecule has 0 saturated heterocycles. The minimum Gasteiger partial charge on any atom is -0.310 e. The lowest BCUT2D eigenvalue weighted by Crippen LogP contribution is -2.12. The monoisotopic (exact) mass is 606 g/mol. The molecule has 0 radical (unpaired) electrons. The molecule has 228 valence electrons. The summed E-state index contributed by atoms with van der Waals surface area (Å²) in [6, 6.07) is 56.5. The zero-order valence-corrected chi connectivity index (χ0v) is 27.2. The van der Waals surface area contributed by atoms with Crippen molar-refractivity contribution in [1.29, 1.82) is 0 Å². The molecular formula is C45H38N2. The van der Waals surface area contributed by atoms with Gasteiger partial charge in [-0.3, -0.25) is 0 Å². The van der Waals surface area contributed by atoms with E-state index in [-0.39, 0.29) is 0 Å². The highest BCUT2D eigenvalue weighted by molar-refractivity contribution is 5.99. The van der Waals surface area contributed by atoms with Crippen LogP contribution in [0.15, 0.2) is 164 Å². The molecule has 0 aromatic heterocycles. The van der Waals surface area contributed by atoms with Crippen molar-refractivity contribution in [2.45, 2.75) is 20.8 Å². The molecule has 2 heteroatoms. The quantitative estimate of drug-likeness (QED) is 0.170. The van der Waals surface area contributed by atoms with Gasteiger partial charge >= 0.3 is 0 Å². The van der Waals surface area contributed by atoms with Crippen molar-refractivity contribution in [3.8, 4) is 11.1 Å². The Bertz CT molecular complexity index is 2190. The summed E-state index contributed by atoms with van der Waals surface area (Å²) >= 11 is 0. The summed E-state index contributed by atoms with van der Waals surface area (Å²) in [6.07, 6.45) is 1.96. The maximum absolute atomic E-state index is 4.15. The van der Waals surface area contributed by atoms with Crippen molar-refractivity contribution < 1.29 is 0 Å². The van der Waals surface area contributed by atoms with E-state index in [1.807, 2.05) is 6.08 Å². The fourth-order valence-corrected chi connectivity index (χ4v) is 6.72. The first kappa shape index (κ1) is 29.8. The molecule has 7 aromatic carbocycles. The predicted molar refractivity (Wildman–Crippen MR) is 203 cm³/mol. The molecule has 0 unspecified atom stereocenters. The second-order valence-corrected chi connectivity index (χ2v) is 12.1. The van der Waals surface area contributed by atoms with Gasteiger partial charge in [0.1, 0.15) is 0 Å². The lowest BCUT2D eigenvalue weighted by atomic mass is 9.94. The van der Waals surface area contributed by atoms with Gasteiger partial charge in [-0.05, 0) is 115 Å². The molecule has 0 heterocycles. The Balaban J connectivity index is 1.31. The molecule has 2 nitrogen and oxygen atoms in total. The summed E-state index contributed by atoms with van der Waals surface area (Å²) in [6.45, 7) is 10.7. The van der Waals surface area contributed by atoms with Gasteiger partial charge in [-0.1, -0.05) is 110 Å². The van der Waals surface area contributed by atoms with Gasteiger partial charge in [-0.15, -0.1) is 0 Å². The Hall–Kier alpha value is -5.86. The molecule has 0 spiro atoms. The topological polar surface area (TPSA) is 6.48 Å². The summed E-state index contributed by atoms with van der Waals surface area (Å²) < 4.78 is 0. The fraction of sp³-hybridized carbons (Fsp3) is 0.0667. The lowest BCUT2D eigenvalue weighted by Gasteiger charge is -2.29. The Kier molecular flexibility index (Phi) is 8.16. The molecule has 0 aliphatic heterocycles. The maximum Gasteiger partial charge on any atom is 0.0540 e. The van der Waals surface area contributed by atoms with E-state index in [0.717, 1.165) is 39.7 Å². The summed E-state index contributed by atoms with van der Waals surface area (Å²) in [4.78, 5) is 4.70. The lowest BCUT2D eigenvalue weighted by molar-refractivity contribution is 1.25. The summed E-state index contributed by atoms with van der Waals surface area (Å²) in [5.74, 6) is 0. The van der Waals surface area contributed by atoms with E-state index >= 15 is 0 Å². The normalized spacial score (nSPS) is 11.0. The molecule has 7 aromatic rings. The SMILES string of the molecule is C=Cc1c(C)cccc1N(c1ccccc1)c1ccc(-c2ccc(N(c3ccccc3)c3cccc4ccccc34)cc2C)c(C)c1. The standard InChI is InChI=1S/C45H38N2/c1-5-40-32(2)16-14-24-44(40)46(36-19-8-6-9-20-36)38-26-28-41(33(3)30-38)42-29-27-39(31-34(42)4)47(37-21-10-7-11-22-37)45-25-15-18-35-17-12-13-23-43(35)45/h5-31H,1H2,2-4H3. The maximum atomic E-state index is 4.15. The number of aryl methyl sites for hydroxylation is 3. The first-order chi connectivity index (χ1) is 23.0. The van der Waals surface area contributed by atoms with Gasteiger partial charge in [0.15, 0.2) is 0 Å². The van der Waals surface area contributed by atoms with Gasteiger partial charge in [0, 0.05) is 33.7 Å². The summed E-state index contributed by atoms with van der Waals surface area (Å²) in [5, 5.41) is 2.45. The Morgan fingerprint density at radius 1 is 0.426 bits per heavy atom. The van der Waals surface area contributed by atoms with E-state index in [2.05, 4.69) is 195 Å². The van der Waals surface area contributed by atoms with Crippen LogP contribution in [0.3, 0.4) is 0 Å². The number of para-hydroxylation sites is 2. The smallest absolute Gasteiger partial charge is 0.0540 e. The minimum atomic E-state index is 1.11. The van der Waals surface area contributed by atoms with E-state index in [4.69, 9.17) is 0 Å². The van der Waals surface area contributed by atoms with Gasteiger partial charge in [0.25, 0.3) is 0 Å². The summed E-state index contributed by atoms with van der Waals surface area (Å²) in [5.41, 5.74) is 14.0. The van der Waals surface area contributed by atoms with E-state index in [0.29, 0.717) is 0 Å². The van der Waals surface area contributed by atoms with Gasteiger partial charge < -0.3 is 9.80 Å². The zero-order chi connectivity index (χ0) is 32.3. The molecular weight excluding hydrogens is 569 g/mol. The minimum absolute atomic E-state index is 1.11. The van der Waals surface area contributed by atoms with Gasteiger partial charge in [-0.2, -0.15) is 0 Å². The van der Waals surface area contributed by atoms with Crippen LogP contribution in [-0.2, 0) is 0 Å². The van der Waals surface area contributed by atoms with Crippen LogP contribution < -0.4 is 9.80 Å². The highest BCUT2D eigenvalue weighted by Gasteiger charge is 2.19. The van der Waals surface area contributed by atoms with Crippen molar-refractivity contribution in [1.82, 2.24) is 0 Å². The Morgan fingerprint density at radius 3 is 1.49 bits per heavy atom. The van der Waals surface area contributed by atoms with Crippen LogP contribution in [0.5, 0.6) is 0 Å². The number of nitrogens with zero attached hydrogens (tertiary/aromatic N) is 2. The van der Waals surface area contributed by atoms with Crippen LogP contribution in [0.25, 0.3) is 28.0 Å². The van der Waals surface area contributed by atoms with E-state index in [1.54, 1.807) is 0 Å². The van der Waals surface area contributed by atoms with Gasteiger partial charge in [0.2, 0.25) is 0 Å². The van der Waals surface area contributed by atoms with Crippen LogP contribution in [0.1, 0.15) is 22.3 Å². The largest absolute Gasteiger partial charge is 0.310 e. The Morgan fingerprint density at radius 2 is 0.915 bits per heavy atom. The van der Waals surface area contributed by atoms with Gasteiger partial charge in [0.05, 0.1) is 11.4 Å². The second-order valence-electron chi connectivity index (χ2n) is 12.1. The molecule has 0 bridgehead atoms. The van der Waals surface area contributed by atoms with Crippen molar-refractivity contribution in [2.24, 2.45) is 0 Å². The third-order valence-electron chi connectivity index (χ3n) is 9.01. The molecule has 0 aliphatic rings. The highest BCUT2D eigenvalue weighted by atomic mass is 15.1. The molecule has 0 fully saturated rings.